The first-order chi connectivity index (χ1) is 9.06. The van der Waals surface area contributed by atoms with Crippen molar-refractivity contribution in [3.8, 4) is 0 Å². The number of carboxylic acids is 1. The highest BCUT2D eigenvalue weighted by Gasteiger charge is 2.25. The summed E-state index contributed by atoms with van der Waals surface area (Å²) in [5.41, 5.74) is 7.60. The molecular formula is C14H18N2O2S. The summed E-state index contributed by atoms with van der Waals surface area (Å²) in [7, 11) is 0. The topological polar surface area (TPSA) is 66.6 Å². The van der Waals surface area contributed by atoms with Crippen LogP contribution in [0.1, 0.15) is 24.0 Å². The van der Waals surface area contributed by atoms with Crippen molar-refractivity contribution >= 4 is 23.2 Å². The van der Waals surface area contributed by atoms with Gasteiger partial charge in [0.15, 0.2) is 0 Å². The van der Waals surface area contributed by atoms with Crippen LogP contribution in [-0.2, 0) is 11.3 Å². The van der Waals surface area contributed by atoms with Crippen molar-refractivity contribution in [1.82, 2.24) is 4.90 Å². The predicted octanol–water partition coefficient (Wildman–Crippen LogP) is 1.62. The number of piperidine rings is 1. The van der Waals surface area contributed by atoms with Gasteiger partial charge in [0.2, 0.25) is 0 Å². The van der Waals surface area contributed by atoms with Crippen LogP contribution in [-0.4, -0.2) is 34.1 Å². The number of carbonyl (C=O) groups is 1. The number of carboxylic acid groups (broad SMARTS) is 1. The van der Waals surface area contributed by atoms with E-state index in [-0.39, 0.29) is 5.92 Å². The summed E-state index contributed by atoms with van der Waals surface area (Å²) in [6.07, 6.45) is 1.71. The third kappa shape index (κ3) is 3.75. The van der Waals surface area contributed by atoms with Gasteiger partial charge in [-0.05, 0) is 31.0 Å². The Kier molecular flexibility index (Phi) is 4.50. The Morgan fingerprint density at radius 2 is 2.32 bits per heavy atom. The van der Waals surface area contributed by atoms with Crippen molar-refractivity contribution in [2.75, 3.05) is 13.1 Å². The van der Waals surface area contributed by atoms with E-state index in [0.29, 0.717) is 11.5 Å². The average molecular weight is 278 g/mol. The molecule has 102 valence electrons. The van der Waals surface area contributed by atoms with Gasteiger partial charge in [0.05, 0.1) is 5.92 Å². The summed E-state index contributed by atoms with van der Waals surface area (Å²) in [6.45, 7) is 2.31. The number of nitrogens with zero attached hydrogens (tertiary/aromatic N) is 1. The predicted molar refractivity (Wildman–Crippen MR) is 78.0 cm³/mol. The lowest BCUT2D eigenvalue weighted by molar-refractivity contribution is -0.143. The van der Waals surface area contributed by atoms with Crippen molar-refractivity contribution in [1.29, 1.82) is 0 Å². The summed E-state index contributed by atoms with van der Waals surface area (Å²) in [5, 5.41) is 9.08. The molecule has 4 nitrogen and oxygen atoms in total. The Bertz CT molecular complexity index is 490. The van der Waals surface area contributed by atoms with Gasteiger partial charge in [0.25, 0.3) is 0 Å². The highest BCUT2D eigenvalue weighted by molar-refractivity contribution is 7.80. The maximum absolute atomic E-state index is 11.0. The van der Waals surface area contributed by atoms with Crippen molar-refractivity contribution in [3.05, 3.63) is 35.4 Å². The largest absolute Gasteiger partial charge is 0.481 e. The van der Waals surface area contributed by atoms with E-state index in [0.717, 1.165) is 37.1 Å². The maximum Gasteiger partial charge on any atom is 0.307 e. The minimum absolute atomic E-state index is 0.243. The van der Waals surface area contributed by atoms with E-state index in [1.54, 1.807) is 0 Å². The minimum Gasteiger partial charge on any atom is -0.481 e. The van der Waals surface area contributed by atoms with Gasteiger partial charge in [0.1, 0.15) is 4.99 Å². The second kappa shape index (κ2) is 6.12. The number of hydrogen-bond donors (Lipinski definition) is 2. The van der Waals surface area contributed by atoms with Crippen LogP contribution < -0.4 is 5.73 Å². The molecule has 1 aromatic carbocycles. The van der Waals surface area contributed by atoms with Gasteiger partial charge >= 0.3 is 5.97 Å². The molecule has 1 aliphatic rings. The molecule has 1 aliphatic heterocycles. The van der Waals surface area contributed by atoms with Crippen LogP contribution in [0.3, 0.4) is 0 Å². The highest BCUT2D eigenvalue weighted by atomic mass is 32.1. The Morgan fingerprint density at radius 3 is 3.00 bits per heavy atom. The van der Waals surface area contributed by atoms with E-state index >= 15 is 0 Å². The molecule has 0 bridgehead atoms. The monoisotopic (exact) mass is 278 g/mol. The first-order valence-electron chi connectivity index (χ1n) is 6.40. The van der Waals surface area contributed by atoms with E-state index in [9.17, 15) is 4.79 Å². The number of likely N-dealkylation sites (tertiary alicyclic amines) is 1. The van der Waals surface area contributed by atoms with E-state index in [4.69, 9.17) is 23.1 Å². The molecule has 5 heteroatoms. The molecule has 19 heavy (non-hydrogen) atoms. The van der Waals surface area contributed by atoms with Crippen LogP contribution >= 0.6 is 12.2 Å². The second-order valence-electron chi connectivity index (χ2n) is 4.98. The highest BCUT2D eigenvalue weighted by Crippen LogP contribution is 2.19. The first kappa shape index (κ1) is 14.0. The fraction of sp³-hybridized carbons (Fsp3) is 0.429. The molecule has 2 rings (SSSR count). The first-order valence-corrected chi connectivity index (χ1v) is 6.81. The zero-order valence-corrected chi connectivity index (χ0v) is 11.5. The third-order valence-electron chi connectivity index (χ3n) is 3.47. The summed E-state index contributed by atoms with van der Waals surface area (Å²) in [4.78, 5) is 13.6. The van der Waals surface area contributed by atoms with Gasteiger partial charge < -0.3 is 10.8 Å². The number of nitrogens with two attached hydrogens (primary N) is 1. The van der Waals surface area contributed by atoms with Crippen molar-refractivity contribution in [3.63, 3.8) is 0 Å². The lowest BCUT2D eigenvalue weighted by atomic mass is 9.97. The molecule has 0 saturated carbocycles. The van der Waals surface area contributed by atoms with Gasteiger partial charge in [-0.25, -0.2) is 0 Å². The second-order valence-corrected chi connectivity index (χ2v) is 5.42. The zero-order valence-electron chi connectivity index (χ0n) is 10.7. The molecule has 0 aliphatic carbocycles. The van der Waals surface area contributed by atoms with Crippen LogP contribution in [0.4, 0.5) is 0 Å². The van der Waals surface area contributed by atoms with Gasteiger partial charge in [-0.15, -0.1) is 0 Å². The molecule has 1 aromatic rings. The smallest absolute Gasteiger partial charge is 0.307 e. The molecule has 1 atom stereocenters. The van der Waals surface area contributed by atoms with Crippen LogP contribution in [0.25, 0.3) is 0 Å². The molecule has 1 saturated heterocycles. The number of hydrogen-bond acceptors (Lipinski definition) is 3. The number of benzene rings is 1. The van der Waals surface area contributed by atoms with Crippen LogP contribution in [0, 0.1) is 5.92 Å². The Hall–Kier alpha value is -1.46. The van der Waals surface area contributed by atoms with Crippen LogP contribution in [0.5, 0.6) is 0 Å². The Balaban J connectivity index is 2.02. The van der Waals surface area contributed by atoms with E-state index in [1.807, 2.05) is 24.3 Å². The number of aliphatic carboxylic acids is 1. The molecule has 1 heterocycles. The van der Waals surface area contributed by atoms with E-state index in [1.165, 1.54) is 0 Å². The zero-order chi connectivity index (χ0) is 13.8. The van der Waals surface area contributed by atoms with Gasteiger partial charge in [-0.2, -0.15) is 0 Å². The maximum atomic E-state index is 11.0. The fourth-order valence-corrected chi connectivity index (χ4v) is 2.61. The van der Waals surface area contributed by atoms with Crippen molar-refractivity contribution in [2.24, 2.45) is 11.7 Å². The summed E-state index contributed by atoms with van der Waals surface area (Å²) >= 11 is 4.97. The minimum atomic E-state index is -0.693. The molecule has 0 aromatic heterocycles. The Morgan fingerprint density at radius 1 is 1.53 bits per heavy atom. The molecule has 1 unspecified atom stereocenters. The third-order valence-corrected chi connectivity index (χ3v) is 3.71. The molecule has 0 radical (unpaired) electrons. The van der Waals surface area contributed by atoms with Gasteiger partial charge in [0, 0.05) is 18.7 Å². The quantitative estimate of drug-likeness (QED) is 0.819. The SMILES string of the molecule is NC(=S)c1cccc(CN2CCCC(C(=O)O)C2)c1. The lowest BCUT2D eigenvalue weighted by Crippen LogP contribution is -2.38. The molecule has 0 amide bonds. The van der Waals surface area contributed by atoms with Gasteiger partial charge in [-0.1, -0.05) is 30.4 Å². The van der Waals surface area contributed by atoms with Crippen LogP contribution in [0.2, 0.25) is 0 Å². The summed E-state index contributed by atoms with van der Waals surface area (Å²) in [6, 6.07) is 7.82. The normalized spacial score (nSPS) is 20.1. The van der Waals surface area contributed by atoms with Gasteiger partial charge in [-0.3, -0.25) is 9.69 Å². The van der Waals surface area contributed by atoms with E-state index in [2.05, 4.69) is 4.90 Å². The molecule has 1 fully saturated rings. The Labute approximate surface area is 118 Å². The molecule has 3 N–H and O–H groups in total. The van der Waals surface area contributed by atoms with Crippen molar-refractivity contribution < 1.29 is 9.90 Å². The van der Waals surface area contributed by atoms with Crippen molar-refractivity contribution in [2.45, 2.75) is 19.4 Å². The average Bonchev–Trinajstić information content (AvgIpc) is 2.39. The van der Waals surface area contributed by atoms with Crippen LogP contribution in [0.15, 0.2) is 24.3 Å². The number of rotatable bonds is 4. The summed E-state index contributed by atoms with van der Waals surface area (Å²) in [5.74, 6) is -0.936. The van der Waals surface area contributed by atoms with E-state index < -0.39 is 5.97 Å². The number of thiocarbonyl (C=S) groups is 1. The molecular weight excluding hydrogens is 260 g/mol. The lowest BCUT2D eigenvalue weighted by Gasteiger charge is -2.30. The molecule has 0 spiro atoms. The standard InChI is InChI=1S/C14H18N2O2S/c15-13(19)11-4-1-3-10(7-11)8-16-6-2-5-12(9-16)14(17)18/h1,3-4,7,12H,2,5-6,8-9H2,(H2,15,19)(H,17,18). The summed E-state index contributed by atoms with van der Waals surface area (Å²) < 4.78 is 0. The fourth-order valence-electron chi connectivity index (χ4n) is 2.48.